The summed E-state index contributed by atoms with van der Waals surface area (Å²) in [5.41, 5.74) is 0.390. The third-order valence-corrected chi connectivity index (χ3v) is 2.71. The van der Waals surface area contributed by atoms with Crippen molar-refractivity contribution in [1.29, 1.82) is 0 Å². The Morgan fingerprint density at radius 1 is 1.62 bits per heavy atom. The highest BCUT2D eigenvalue weighted by atomic mass is 16.2. The minimum Gasteiger partial charge on any atom is -0.355 e. The van der Waals surface area contributed by atoms with Crippen molar-refractivity contribution in [3.8, 4) is 0 Å². The predicted octanol–water partition coefficient (Wildman–Crippen LogP) is 0.899. The van der Waals surface area contributed by atoms with Crippen LogP contribution in [0.25, 0.3) is 0 Å². The molecule has 0 aliphatic heterocycles. The van der Waals surface area contributed by atoms with Crippen LogP contribution in [0.5, 0.6) is 0 Å². The van der Waals surface area contributed by atoms with Crippen LogP contribution < -0.4 is 10.6 Å². The van der Waals surface area contributed by atoms with Gasteiger partial charge in [-0.3, -0.25) is 4.79 Å². The zero-order valence-electron chi connectivity index (χ0n) is 8.98. The third kappa shape index (κ3) is 2.69. The maximum atomic E-state index is 11.3. The molecule has 0 heterocycles. The van der Waals surface area contributed by atoms with Crippen molar-refractivity contribution >= 4 is 5.91 Å². The molecule has 0 saturated heterocycles. The number of carbonyl (C=O) groups excluding carboxylic acids is 1. The van der Waals surface area contributed by atoms with Gasteiger partial charge in [-0.05, 0) is 25.7 Å². The van der Waals surface area contributed by atoms with Crippen molar-refractivity contribution in [3.05, 3.63) is 0 Å². The summed E-state index contributed by atoms with van der Waals surface area (Å²) in [6.07, 6.45) is 1.18. The predicted molar refractivity (Wildman–Crippen MR) is 53.5 cm³/mol. The summed E-state index contributed by atoms with van der Waals surface area (Å²) in [6, 6.07) is 0.455. The molecule has 2 N–H and O–H groups in total. The molecule has 0 bridgehead atoms. The molecule has 76 valence electrons. The maximum Gasteiger partial charge on any atom is 0.236 e. The molecule has 1 fully saturated rings. The van der Waals surface area contributed by atoms with Gasteiger partial charge in [0.15, 0.2) is 0 Å². The van der Waals surface area contributed by atoms with Gasteiger partial charge < -0.3 is 10.6 Å². The fourth-order valence-electron chi connectivity index (χ4n) is 1.46. The Bertz CT molecular complexity index is 201. The van der Waals surface area contributed by atoms with E-state index in [0.717, 1.165) is 0 Å². The number of nitrogens with one attached hydrogen (secondary N) is 2. The minimum atomic E-state index is -0.0632. The lowest BCUT2D eigenvalue weighted by Crippen LogP contribution is -2.43. The average molecular weight is 184 g/mol. The van der Waals surface area contributed by atoms with Gasteiger partial charge in [-0.1, -0.05) is 13.8 Å². The summed E-state index contributed by atoms with van der Waals surface area (Å²) in [7, 11) is 0. The molecular formula is C10H20N2O. The number of hydrogen-bond acceptors (Lipinski definition) is 2. The number of likely N-dealkylation sites (N-methyl/N-ethyl adjacent to an activating group) is 1. The van der Waals surface area contributed by atoms with Crippen LogP contribution in [-0.4, -0.2) is 24.5 Å². The summed E-state index contributed by atoms with van der Waals surface area (Å²) in [6.45, 7) is 8.99. The van der Waals surface area contributed by atoms with Crippen LogP contribution >= 0.6 is 0 Å². The van der Waals surface area contributed by atoms with Gasteiger partial charge in [0.05, 0.1) is 6.04 Å². The van der Waals surface area contributed by atoms with Crippen LogP contribution in [0.1, 0.15) is 34.1 Å². The van der Waals surface area contributed by atoms with Gasteiger partial charge >= 0.3 is 0 Å². The van der Waals surface area contributed by atoms with Crippen LogP contribution in [-0.2, 0) is 4.79 Å². The highest BCUT2D eigenvalue weighted by Crippen LogP contribution is 2.44. The molecule has 1 rings (SSSR count). The van der Waals surface area contributed by atoms with Gasteiger partial charge in [0.25, 0.3) is 0 Å². The van der Waals surface area contributed by atoms with Gasteiger partial charge in [-0.15, -0.1) is 0 Å². The summed E-state index contributed by atoms with van der Waals surface area (Å²) in [5, 5.41) is 6.12. The summed E-state index contributed by atoms with van der Waals surface area (Å²) in [4.78, 5) is 11.3. The quantitative estimate of drug-likeness (QED) is 0.681. The zero-order chi connectivity index (χ0) is 10.1. The van der Waals surface area contributed by atoms with Crippen molar-refractivity contribution < 1.29 is 4.79 Å². The number of rotatable bonds is 4. The molecule has 1 aliphatic rings. The molecule has 3 nitrogen and oxygen atoms in total. The van der Waals surface area contributed by atoms with E-state index >= 15 is 0 Å². The fourth-order valence-corrected chi connectivity index (χ4v) is 1.46. The first-order valence-corrected chi connectivity index (χ1v) is 5.01. The average Bonchev–Trinajstić information content (AvgIpc) is 2.59. The number of hydrogen-bond donors (Lipinski definition) is 2. The molecule has 0 aromatic heterocycles. The lowest BCUT2D eigenvalue weighted by molar-refractivity contribution is -0.122. The van der Waals surface area contributed by atoms with Gasteiger partial charge in [0.1, 0.15) is 0 Å². The van der Waals surface area contributed by atoms with Crippen LogP contribution in [0.2, 0.25) is 0 Å². The minimum absolute atomic E-state index is 0.0632. The lowest BCUT2D eigenvalue weighted by atomic mass is 10.2. The molecule has 13 heavy (non-hydrogen) atoms. The topological polar surface area (TPSA) is 41.1 Å². The maximum absolute atomic E-state index is 11.3. The molecular weight excluding hydrogens is 164 g/mol. The van der Waals surface area contributed by atoms with Crippen molar-refractivity contribution in [3.63, 3.8) is 0 Å². The van der Waals surface area contributed by atoms with E-state index in [9.17, 15) is 4.79 Å². The Hall–Kier alpha value is -0.570. The zero-order valence-corrected chi connectivity index (χ0v) is 8.98. The second-order valence-electron chi connectivity index (χ2n) is 4.53. The summed E-state index contributed by atoms with van der Waals surface area (Å²) >= 11 is 0. The van der Waals surface area contributed by atoms with E-state index in [1.165, 1.54) is 6.42 Å². The van der Waals surface area contributed by atoms with E-state index in [-0.39, 0.29) is 11.9 Å². The van der Waals surface area contributed by atoms with Crippen molar-refractivity contribution in [2.24, 2.45) is 5.41 Å². The highest BCUT2D eigenvalue weighted by Gasteiger charge is 2.46. The van der Waals surface area contributed by atoms with Crippen molar-refractivity contribution in [2.75, 3.05) is 6.54 Å². The first kappa shape index (κ1) is 10.5. The monoisotopic (exact) mass is 184 g/mol. The second-order valence-corrected chi connectivity index (χ2v) is 4.53. The first-order chi connectivity index (χ1) is 5.97. The Labute approximate surface area is 80.3 Å². The van der Waals surface area contributed by atoms with Crippen LogP contribution in [0, 0.1) is 5.41 Å². The van der Waals surface area contributed by atoms with E-state index in [4.69, 9.17) is 0 Å². The largest absolute Gasteiger partial charge is 0.355 e. The van der Waals surface area contributed by atoms with E-state index < -0.39 is 0 Å². The number of amides is 1. The Balaban J connectivity index is 2.26. The Morgan fingerprint density at radius 2 is 2.15 bits per heavy atom. The molecule has 3 heteroatoms. The van der Waals surface area contributed by atoms with E-state index in [2.05, 4.69) is 24.5 Å². The Kier molecular flexibility index (Phi) is 2.96. The molecule has 0 aromatic rings. The molecule has 1 saturated carbocycles. The second kappa shape index (κ2) is 3.66. The third-order valence-electron chi connectivity index (χ3n) is 2.71. The molecule has 2 atom stereocenters. The van der Waals surface area contributed by atoms with Crippen LogP contribution in [0.3, 0.4) is 0 Å². The molecule has 0 spiro atoms. The van der Waals surface area contributed by atoms with Crippen molar-refractivity contribution in [1.82, 2.24) is 10.6 Å². The molecule has 1 aliphatic carbocycles. The molecule has 2 unspecified atom stereocenters. The molecule has 0 aromatic carbocycles. The Morgan fingerprint density at radius 3 is 2.54 bits per heavy atom. The van der Waals surface area contributed by atoms with Crippen molar-refractivity contribution in [2.45, 2.75) is 46.2 Å². The van der Waals surface area contributed by atoms with Gasteiger partial charge in [0, 0.05) is 12.6 Å². The highest BCUT2D eigenvalue weighted by molar-refractivity contribution is 5.81. The molecule has 0 radical (unpaired) electrons. The van der Waals surface area contributed by atoms with Crippen LogP contribution in [0.15, 0.2) is 0 Å². The summed E-state index contributed by atoms with van der Waals surface area (Å²) < 4.78 is 0. The normalized spacial score (nSPS) is 26.6. The fraction of sp³-hybridized carbons (Fsp3) is 0.900. The summed E-state index contributed by atoms with van der Waals surface area (Å²) in [5.74, 6) is 0.102. The molecule has 1 amide bonds. The van der Waals surface area contributed by atoms with Gasteiger partial charge in [-0.2, -0.15) is 0 Å². The number of carbonyl (C=O) groups is 1. The SMILES string of the molecule is CCNC(=O)C(C)NC1CC1(C)C. The van der Waals surface area contributed by atoms with E-state index in [1.807, 2.05) is 13.8 Å². The standard InChI is InChI=1S/C10H20N2O/c1-5-11-9(13)7(2)12-8-6-10(8,3)4/h7-8,12H,5-6H2,1-4H3,(H,11,13). The van der Waals surface area contributed by atoms with E-state index in [0.29, 0.717) is 18.0 Å². The lowest BCUT2D eigenvalue weighted by Gasteiger charge is -2.14. The first-order valence-electron chi connectivity index (χ1n) is 5.01. The van der Waals surface area contributed by atoms with Crippen LogP contribution in [0.4, 0.5) is 0 Å². The van der Waals surface area contributed by atoms with Gasteiger partial charge in [0.2, 0.25) is 5.91 Å². The van der Waals surface area contributed by atoms with E-state index in [1.54, 1.807) is 0 Å². The smallest absolute Gasteiger partial charge is 0.236 e. The van der Waals surface area contributed by atoms with Gasteiger partial charge in [-0.25, -0.2) is 0 Å².